The molecule has 0 aromatic rings. The van der Waals surface area contributed by atoms with Crippen molar-refractivity contribution in [2.24, 2.45) is 11.8 Å². The van der Waals surface area contributed by atoms with Gasteiger partial charge in [-0.25, -0.2) is 0 Å². The molecule has 0 aliphatic heterocycles. The summed E-state index contributed by atoms with van der Waals surface area (Å²) in [6.45, 7) is 0.351. The number of amides is 1. The maximum absolute atomic E-state index is 12.8. The van der Waals surface area contributed by atoms with E-state index in [4.69, 9.17) is 6.42 Å². The van der Waals surface area contributed by atoms with E-state index >= 15 is 0 Å². The van der Waals surface area contributed by atoms with Crippen LogP contribution in [-0.2, 0) is 4.79 Å². The number of carbonyl (C=O) groups is 1. The molecule has 0 bridgehead atoms. The molecule has 1 aliphatic rings. The molecule has 1 amide bonds. The number of terminal acetylenes is 1. The second-order valence-corrected chi connectivity index (χ2v) is 4.64. The summed E-state index contributed by atoms with van der Waals surface area (Å²) in [5, 5.41) is 2.55. The molecule has 2 nitrogen and oxygen atoms in total. The van der Waals surface area contributed by atoms with Gasteiger partial charge in [-0.05, 0) is 19.3 Å². The Hall–Kier alpha value is -1.18. The van der Waals surface area contributed by atoms with Crippen LogP contribution in [0.3, 0.4) is 0 Å². The van der Waals surface area contributed by atoms with E-state index < -0.39 is 23.9 Å². The molecule has 0 aromatic carbocycles. The molecule has 2 unspecified atom stereocenters. The number of carbonyl (C=O) groups excluding carboxylic acids is 1. The summed E-state index contributed by atoms with van der Waals surface area (Å²) in [6.07, 6.45) is 3.53. The molecule has 1 rings (SSSR count). The third-order valence-corrected chi connectivity index (χ3v) is 3.32. The highest BCUT2D eigenvalue weighted by Crippen LogP contribution is 2.41. The smallest absolute Gasteiger partial charge is 0.356 e. The minimum Gasteiger partial charge on any atom is -0.356 e. The number of alkyl halides is 3. The average Bonchev–Trinajstić information content (AvgIpc) is 2.33. The van der Waals surface area contributed by atoms with E-state index in [0.717, 1.165) is 0 Å². The summed E-state index contributed by atoms with van der Waals surface area (Å²) >= 11 is 0. The lowest BCUT2D eigenvalue weighted by Gasteiger charge is -2.31. The van der Waals surface area contributed by atoms with Gasteiger partial charge >= 0.3 is 6.18 Å². The standard InChI is InChI=1S/C13H18F3NO/c1-2-3-6-9-17-12(18)10-7-4-5-8-11(10)13(14,15)16/h1,10-11H,3-9H2,(H,17,18). The van der Waals surface area contributed by atoms with Crippen LogP contribution in [0.4, 0.5) is 13.2 Å². The Labute approximate surface area is 105 Å². The van der Waals surface area contributed by atoms with Gasteiger partial charge in [0.25, 0.3) is 0 Å². The Kier molecular flexibility index (Phi) is 5.52. The first kappa shape index (κ1) is 14.9. The molecule has 5 heteroatoms. The molecular formula is C13H18F3NO. The zero-order valence-electron chi connectivity index (χ0n) is 10.2. The van der Waals surface area contributed by atoms with Crippen LogP contribution < -0.4 is 5.32 Å². The van der Waals surface area contributed by atoms with Gasteiger partial charge in [0.1, 0.15) is 0 Å². The van der Waals surface area contributed by atoms with Crippen molar-refractivity contribution in [2.75, 3.05) is 6.54 Å². The number of halogens is 3. The zero-order chi connectivity index (χ0) is 13.6. The van der Waals surface area contributed by atoms with Gasteiger partial charge in [0.2, 0.25) is 5.91 Å². The molecule has 18 heavy (non-hydrogen) atoms. The molecule has 0 spiro atoms. The predicted octanol–water partition coefficient (Wildman–Crippen LogP) is 2.88. The van der Waals surface area contributed by atoms with E-state index in [2.05, 4.69) is 11.2 Å². The van der Waals surface area contributed by atoms with Crippen molar-refractivity contribution in [3.8, 4) is 12.3 Å². The first-order valence-electron chi connectivity index (χ1n) is 6.24. The van der Waals surface area contributed by atoms with Crippen molar-refractivity contribution in [1.29, 1.82) is 0 Å². The normalized spacial score (nSPS) is 24.3. The molecule has 0 radical (unpaired) electrons. The van der Waals surface area contributed by atoms with E-state index in [1.807, 2.05) is 0 Å². The van der Waals surface area contributed by atoms with Crippen molar-refractivity contribution >= 4 is 5.91 Å². The van der Waals surface area contributed by atoms with Gasteiger partial charge in [-0.15, -0.1) is 12.3 Å². The Morgan fingerprint density at radius 3 is 2.61 bits per heavy atom. The van der Waals surface area contributed by atoms with E-state index in [1.54, 1.807) is 0 Å². The van der Waals surface area contributed by atoms with Gasteiger partial charge in [-0.2, -0.15) is 13.2 Å². The molecule has 1 aliphatic carbocycles. The van der Waals surface area contributed by atoms with Crippen LogP contribution in [0.2, 0.25) is 0 Å². The lowest BCUT2D eigenvalue weighted by molar-refractivity contribution is -0.198. The number of rotatable bonds is 4. The first-order chi connectivity index (χ1) is 8.46. The predicted molar refractivity (Wildman–Crippen MR) is 62.6 cm³/mol. The van der Waals surface area contributed by atoms with Crippen molar-refractivity contribution < 1.29 is 18.0 Å². The first-order valence-corrected chi connectivity index (χ1v) is 6.24. The molecule has 1 N–H and O–H groups in total. The molecule has 1 saturated carbocycles. The van der Waals surface area contributed by atoms with E-state index in [1.165, 1.54) is 0 Å². The van der Waals surface area contributed by atoms with Crippen LogP contribution in [0.15, 0.2) is 0 Å². The Morgan fingerprint density at radius 2 is 2.00 bits per heavy atom. The lowest BCUT2D eigenvalue weighted by Crippen LogP contribution is -2.42. The van der Waals surface area contributed by atoms with Gasteiger partial charge in [0.15, 0.2) is 0 Å². The topological polar surface area (TPSA) is 29.1 Å². The highest BCUT2D eigenvalue weighted by atomic mass is 19.4. The monoisotopic (exact) mass is 261 g/mol. The highest BCUT2D eigenvalue weighted by molar-refractivity contribution is 5.79. The summed E-state index contributed by atoms with van der Waals surface area (Å²) in [6, 6.07) is 0. The molecule has 0 saturated heterocycles. The van der Waals surface area contributed by atoms with Gasteiger partial charge in [-0.1, -0.05) is 12.8 Å². The van der Waals surface area contributed by atoms with Gasteiger partial charge < -0.3 is 5.32 Å². The molecule has 0 aromatic heterocycles. The van der Waals surface area contributed by atoms with E-state index in [9.17, 15) is 18.0 Å². The number of unbranched alkanes of at least 4 members (excludes halogenated alkanes) is 1. The fourth-order valence-electron chi connectivity index (χ4n) is 2.37. The maximum Gasteiger partial charge on any atom is 0.392 e. The third-order valence-electron chi connectivity index (χ3n) is 3.32. The van der Waals surface area contributed by atoms with Crippen LogP contribution in [0.1, 0.15) is 38.5 Å². The molecule has 1 fully saturated rings. The summed E-state index contributed by atoms with van der Waals surface area (Å²) in [5.74, 6) is -0.468. The second-order valence-electron chi connectivity index (χ2n) is 4.64. The van der Waals surface area contributed by atoms with Crippen LogP contribution in [0.25, 0.3) is 0 Å². The summed E-state index contributed by atoms with van der Waals surface area (Å²) < 4.78 is 38.4. The maximum atomic E-state index is 12.8. The van der Waals surface area contributed by atoms with Gasteiger partial charge in [0, 0.05) is 18.9 Å². The molecule has 0 heterocycles. The summed E-state index contributed by atoms with van der Waals surface area (Å²) in [7, 11) is 0. The third kappa shape index (κ3) is 4.25. The summed E-state index contributed by atoms with van der Waals surface area (Å²) in [5.41, 5.74) is 0. The minimum absolute atomic E-state index is 0.0615. The van der Waals surface area contributed by atoms with E-state index in [0.29, 0.717) is 38.6 Å². The van der Waals surface area contributed by atoms with Crippen LogP contribution in [-0.4, -0.2) is 18.6 Å². The fourth-order valence-corrected chi connectivity index (χ4v) is 2.37. The largest absolute Gasteiger partial charge is 0.392 e. The van der Waals surface area contributed by atoms with Crippen LogP contribution in [0, 0.1) is 24.2 Å². The Morgan fingerprint density at radius 1 is 1.33 bits per heavy atom. The SMILES string of the molecule is C#CCCCNC(=O)C1CCCCC1C(F)(F)F. The molecular weight excluding hydrogens is 243 g/mol. The zero-order valence-corrected chi connectivity index (χ0v) is 10.2. The molecule has 102 valence electrons. The Balaban J connectivity index is 2.50. The van der Waals surface area contributed by atoms with Gasteiger partial charge in [0.05, 0.1) is 5.92 Å². The van der Waals surface area contributed by atoms with Crippen molar-refractivity contribution in [2.45, 2.75) is 44.7 Å². The lowest BCUT2D eigenvalue weighted by atomic mass is 9.78. The summed E-state index contributed by atoms with van der Waals surface area (Å²) in [4.78, 5) is 11.8. The van der Waals surface area contributed by atoms with Gasteiger partial charge in [-0.3, -0.25) is 4.79 Å². The van der Waals surface area contributed by atoms with Crippen molar-refractivity contribution in [3.63, 3.8) is 0 Å². The van der Waals surface area contributed by atoms with Crippen LogP contribution in [0.5, 0.6) is 0 Å². The van der Waals surface area contributed by atoms with Crippen LogP contribution >= 0.6 is 0 Å². The van der Waals surface area contributed by atoms with Crippen molar-refractivity contribution in [3.05, 3.63) is 0 Å². The Bertz CT molecular complexity index is 319. The quantitative estimate of drug-likeness (QED) is 0.612. The van der Waals surface area contributed by atoms with E-state index in [-0.39, 0.29) is 6.42 Å². The number of hydrogen-bond donors (Lipinski definition) is 1. The number of nitrogens with one attached hydrogen (secondary N) is 1. The highest BCUT2D eigenvalue weighted by Gasteiger charge is 2.47. The molecule has 2 atom stereocenters. The van der Waals surface area contributed by atoms with Crippen molar-refractivity contribution in [1.82, 2.24) is 5.32 Å². The number of hydrogen-bond acceptors (Lipinski definition) is 1. The minimum atomic E-state index is -4.28. The second kappa shape index (κ2) is 6.67. The fraction of sp³-hybridized carbons (Fsp3) is 0.769. The average molecular weight is 261 g/mol.